The largest absolute Gasteiger partial charge is 0.366 e. The molecule has 2 unspecified atom stereocenters. The number of carbonyl (C=O) groups is 1. The Morgan fingerprint density at radius 2 is 2.23 bits per heavy atom. The third-order valence-electron chi connectivity index (χ3n) is 2.72. The molecular formula is C9H15ClN2O. The van der Waals surface area contributed by atoms with Crippen LogP contribution < -0.4 is 5.73 Å². The van der Waals surface area contributed by atoms with Gasteiger partial charge in [-0.25, -0.2) is 0 Å². The summed E-state index contributed by atoms with van der Waals surface area (Å²) in [4.78, 5) is 13.2. The Hall–Kier alpha value is -0.540. The molecule has 1 aliphatic rings. The molecular weight excluding hydrogens is 188 g/mol. The fourth-order valence-electron chi connectivity index (χ4n) is 1.82. The lowest BCUT2D eigenvalue weighted by molar-refractivity contribution is -0.114. The van der Waals surface area contributed by atoms with Crippen LogP contribution in [-0.4, -0.2) is 29.9 Å². The van der Waals surface area contributed by atoms with Crippen LogP contribution in [0.15, 0.2) is 10.6 Å². The van der Waals surface area contributed by atoms with Crippen LogP contribution in [0, 0.1) is 0 Å². The normalized spacial score (nSPS) is 29.8. The number of likely N-dealkylation sites (N-methyl/N-ethyl adjacent to an activating group) is 1. The standard InChI is InChI=1S/C9H15ClN2O/c1-4-6-8(10)7(9(11)13)5(2)12(6)3/h5-6H,4H2,1-3H3,(H2,11,13). The Morgan fingerprint density at radius 1 is 1.69 bits per heavy atom. The predicted octanol–water partition coefficient (Wildman–Crippen LogP) is 1.08. The van der Waals surface area contributed by atoms with Crippen LogP contribution in [0.1, 0.15) is 20.3 Å². The zero-order chi connectivity index (χ0) is 10.2. The summed E-state index contributed by atoms with van der Waals surface area (Å²) < 4.78 is 0. The number of primary amides is 1. The maximum atomic E-state index is 11.1. The number of nitrogens with zero attached hydrogens (tertiary/aromatic N) is 1. The molecule has 2 atom stereocenters. The summed E-state index contributed by atoms with van der Waals surface area (Å²) >= 11 is 6.07. The Kier molecular flexibility index (Phi) is 2.98. The highest BCUT2D eigenvalue weighted by Crippen LogP contribution is 2.32. The first-order valence-corrected chi connectivity index (χ1v) is 4.79. The zero-order valence-electron chi connectivity index (χ0n) is 8.17. The van der Waals surface area contributed by atoms with Crippen LogP contribution >= 0.6 is 11.6 Å². The van der Waals surface area contributed by atoms with Gasteiger partial charge in [0.2, 0.25) is 5.91 Å². The topological polar surface area (TPSA) is 46.3 Å². The van der Waals surface area contributed by atoms with E-state index >= 15 is 0 Å². The summed E-state index contributed by atoms with van der Waals surface area (Å²) in [6.45, 7) is 3.98. The highest BCUT2D eigenvalue weighted by atomic mass is 35.5. The first kappa shape index (κ1) is 10.5. The average Bonchev–Trinajstić information content (AvgIpc) is 2.24. The molecule has 13 heavy (non-hydrogen) atoms. The fraction of sp³-hybridized carbons (Fsp3) is 0.667. The fourth-order valence-corrected chi connectivity index (χ4v) is 2.38. The number of carbonyl (C=O) groups excluding carboxylic acids is 1. The van der Waals surface area contributed by atoms with Gasteiger partial charge in [0.25, 0.3) is 0 Å². The first-order chi connectivity index (χ1) is 6.00. The van der Waals surface area contributed by atoms with Gasteiger partial charge in [-0.15, -0.1) is 0 Å². The van der Waals surface area contributed by atoms with Crippen molar-refractivity contribution in [3.05, 3.63) is 10.6 Å². The molecule has 0 aliphatic carbocycles. The Morgan fingerprint density at radius 3 is 2.46 bits per heavy atom. The quantitative estimate of drug-likeness (QED) is 0.729. The summed E-state index contributed by atoms with van der Waals surface area (Å²) in [5.41, 5.74) is 5.82. The van der Waals surface area contributed by atoms with E-state index in [-0.39, 0.29) is 12.1 Å². The molecule has 0 saturated heterocycles. The van der Waals surface area contributed by atoms with E-state index in [0.29, 0.717) is 10.6 Å². The van der Waals surface area contributed by atoms with Crippen LogP contribution in [0.5, 0.6) is 0 Å². The van der Waals surface area contributed by atoms with Crippen molar-refractivity contribution in [2.75, 3.05) is 7.05 Å². The molecule has 0 aromatic heterocycles. The van der Waals surface area contributed by atoms with Gasteiger partial charge >= 0.3 is 0 Å². The first-order valence-electron chi connectivity index (χ1n) is 4.42. The van der Waals surface area contributed by atoms with Crippen molar-refractivity contribution in [2.24, 2.45) is 5.73 Å². The minimum atomic E-state index is -0.402. The second-order valence-electron chi connectivity index (χ2n) is 3.39. The number of nitrogens with two attached hydrogens (primary N) is 1. The summed E-state index contributed by atoms with van der Waals surface area (Å²) in [6.07, 6.45) is 0.899. The number of hydrogen-bond donors (Lipinski definition) is 1. The monoisotopic (exact) mass is 202 g/mol. The van der Waals surface area contributed by atoms with E-state index in [1.165, 1.54) is 0 Å². The van der Waals surface area contributed by atoms with E-state index < -0.39 is 5.91 Å². The molecule has 1 amide bonds. The zero-order valence-corrected chi connectivity index (χ0v) is 8.93. The van der Waals surface area contributed by atoms with Gasteiger partial charge in [0.05, 0.1) is 0 Å². The number of rotatable bonds is 2. The second kappa shape index (κ2) is 3.68. The highest BCUT2D eigenvalue weighted by molar-refractivity contribution is 6.33. The van der Waals surface area contributed by atoms with Gasteiger partial charge in [0, 0.05) is 22.7 Å². The summed E-state index contributed by atoms with van der Waals surface area (Å²) in [5.74, 6) is -0.402. The maximum absolute atomic E-state index is 11.1. The van der Waals surface area contributed by atoms with E-state index in [1.807, 2.05) is 20.9 Å². The second-order valence-corrected chi connectivity index (χ2v) is 3.80. The van der Waals surface area contributed by atoms with Gasteiger partial charge in [-0.2, -0.15) is 0 Å². The molecule has 1 heterocycles. The van der Waals surface area contributed by atoms with E-state index in [4.69, 9.17) is 17.3 Å². The molecule has 0 fully saturated rings. The van der Waals surface area contributed by atoms with Gasteiger partial charge in [0.15, 0.2) is 0 Å². The van der Waals surface area contributed by atoms with Crippen molar-refractivity contribution in [2.45, 2.75) is 32.4 Å². The minimum absolute atomic E-state index is 0.0370. The molecule has 3 nitrogen and oxygen atoms in total. The molecule has 0 bridgehead atoms. The van der Waals surface area contributed by atoms with E-state index in [2.05, 4.69) is 4.90 Å². The van der Waals surface area contributed by atoms with Crippen LogP contribution in [-0.2, 0) is 4.79 Å². The summed E-state index contributed by atoms with van der Waals surface area (Å²) in [5, 5.41) is 0.616. The van der Waals surface area contributed by atoms with Gasteiger partial charge in [0.1, 0.15) is 0 Å². The Labute approximate surface area is 83.5 Å². The Bertz CT molecular complexity index is 262. The van der Waals surface area contributed by atoms with Crippen molar-refractivity contribution < 1.29 is 4.79 Å². The summed E-state index contributed by atoms with van der Waals surface area (Å²) in [7, 11) is 1.96. The Balaban J connectivity index is 3.04. The van der Waals surface area contributed by atoms with E-state index in [9.17, 15) is 4.79 Å². The van der Waals surface area contributed by atoms with Gasteiger partial charge in [-0.05, 0) is 20.4 Å². The molecule has 4 heteroatoms. The average molecular weight is 203 g/mol. The highest BCUT2D eigenvalue weighted by Gasteiger charge is 2.36. The molecule has 0 aromatic carbocycles. The van der Waals surface area contributed by atoms with Crippen molar-refractivity contribution in [1.29, 1.82) is 0 Å². The molecule has 1 aliphatic heterocycles. The van der Waals surface area contributed by atoms with Crippen LogP contribution in [0.25, 0.3) is 0 Å². The van der Waals surface area contributed by atoms with Crippen LogP contribution in [0.4, 0.5) is 0 Å². The molecule has 0 saturated carbocycles. The van der Waals surface area contributed by atoms with Crippen molar-refractivity contribution in [3.8, 4) is 0 Å². The van der Waals surface area contributed by atoms with Gasteiger partial charge in [-0.3, -0.25) is 9.69 Å². The van der Waals surface area contributed by atoms with Gasteiger partial charge in [-0.1, -0.05) is 18.5 Å². The molecule has 0 radical (unpaired) electrons. The molecule has 74 valence electrons. The predicted molar refractivity (Wildman–Crippen MR) is 53.4 cm³/mol. The third-order valence-corrected chi connectivity index (χ3v) is 3.18. The number of amides is 1. The van der Waals surface area contributed by atoms with E-state index in [1.54, 1.807) is 0 Å². The third kappa shape index (κ3) is 1.58. The van der Waals surface area contributed by atoms with Crippen LogP contribution in [0.3, 0.4) is 0 Å². The van der Waals surface area contributed by atoms with Crippen molar-refractivity contribution in [3.63, 3.8) is 0 Å². The SMILES string of the molecule is CCC1C(Cl)=C(C(N)=O)C(C)N1C. The van der Waals surface area contributed by atoms with E-state index in [0.717, 1.165) is 6.42 Å². The van der Waals surface area contributed by atoms with Crippen molar-refractivity contribution in [1.82, 2.24) is 4.90 Å². The minimum Gasteiger partial charge on any atom is -0.366 e. The molecule has 1 rings (SSSR count). The number of hydrogen-bond acceptors (Lipinski definition) is 2. The maximum Gasteiger partial charge on any atom is 0.247 e. The molecule has 0 spiro atoms. The van der Waals surface area contributed by atoms with Crippen LogP contribution in [0.2, 0.25) is 0 Å². The number of halogens is 1. The molecule has 0 aromatic rings. The summed E-state index contributed by atoms with van der Waals surface area (Å²) in [6, 6.07) is 0.189. The molecule has 2 N–H and O–H groups in total. The van der Waals surface area contributed by atoms with Gasteiger partial charge < -0.3 is 5.73 Å². The smallest absolute Gasteiger partial charge is 0.247 e. The lowest BCUT2D eigenvalue weighted by Gasteiger charge is -2.23. The lowest BCUT2D eigenvalue weighted by atomic mass is 10.1. The van der Waals surface area contributed by atoms with Crippen molar-refractivity contribution >= 4 is 17.5 Å². The lowest BCUT2D eigenvalue weighted by Crippen LogP contribution is -2.34.